The Balaban J connectivity index is 1.11. The minimum atomic E-state index is -2.54. The lowest BCUT2D eigenvalue weighted by Crippen LogP contribution is -2.53. The van der Waals surface area contributed by atoms with E-state index in [2.05, 4.69) is 20.9 Å². The van der Waals surface area contributed by atoms with E-state index >= 15 is 0 Å². The number of Topliss-reactive ketones (excluding diaryl/α,β-unsaturated/α-hetero) is 1. The molecule has 0 radical (unpaired) electrons. The van der Waals surface area contributed by atoms with Crippen LogP contribution in [0.1, 0.15) is 25.8 Å². The molecule has 1 saturated heterocycles. The number of anilines is 3. The number of alkyl halides is 2. The normalized spacial score (nSPS) is 23.8. The Morgan fingerprint density at radius 1 is 1.21 bits per heavy atom. The van der Waals surface area contributed by atoms with Crippen molar-refractivity contribution in [1.29, 1.82) is 0 Å². The summed E-state index contributed by atoms with van der Waals surface area (Å²) >= 11 is 0. The molecular formula is C28H32F2N8O4. The zero-order valence-corrected chi connectivity index (χ0v) is 23.4. The van der Waals surface area contributed by atoms with Gasteiger partial charge in [0.05, 0.1) is 25.0 Å². The molecule has 222 valence electrons. The van der Waals surface area contributed by atoms with Gasteiger partial charge in [-0.25, -0.2) is 18.6 Å². The van der Waals surface area contributed by atoms with Gasteiger partial charge in [-0.05, 0) is 31.2 Å². The Morgan fingerprint density at radius 3 is 2.62 bits per heavy atom. The number of pyridine rings is 1. The standard InChI is InChI=1S/C28H32F2N8O4/c1-4-17(39)11-37-26(41)23-24(35(3)27(37)42)32-14-38(23)15(2)25(40)34-21-7-5-6-20(33-21)16-8-9-22(31-10-16)36-12-18-19(13-36)28(18,29)30/h5-10,15,18-19,21,32-33H,4,11-14H2,1-3H3,(H,34,40)/t15-,18?,19?,21?/m0/s1. The number of fused-ring (bicyclic) bond motifs is 2. The number of amides is 1. The number of dihydropyridines is 1. The predicted molar refractivity (Wildman–Crippen MR) is 152 cm³/mol. The van der Waals surface area contributed by atoms with Crippen LogP contribution in [0.3, 0.4) is 0 Å². The van der Waals surface area contributed by atoms with E-state index in [0.717, 1.165) is 15.8 Å². The SMILES string of the molecule is CCC(=O)Cn1c(=O)c2c(n(C)c1=O)NCN2[C@@H](C)C(=O)NC1C=CC=C(c2ccc(N3CC4C(C3)C4(F)F)nc2)N1. The number of ketones is 1. The topological polar surface area (TPSA) is 134 Å². The van der Waals surface area contributed by atoms with Crippen LogP contribution in [0.25, 0.3) is 5.70 Å². The molecule has 3 aliphatic heterocycles. The molecule has 0 bridgehead atoms. The van der Waals surface area contributed by atoms with Gasteiger partial charge in [-0.3, -0.25) is 23.5 Å². The monoisotopic (exact) mass is 582 g/mol. The molecule has 1 saturated carbocycles. The Kier molecular flexibility index (Phi) is 6.65. The van der Waals surface area contributed by atoms with Crippen molar-refractivity contribution in [2.75, 3.05) is 34.9 Å². The lowest BCUT2D eigenvalue weighted by Gasteiger charge is -2.28. The highest BCUT2D eigenvalue weighted by Gasteiger charge is 2.71. The molecule has 0 aromatic carbocycles. The van der Waals surface area contributed by atoms with Crippen molar-refractivity contribution >= 4 is 34.7 Å². The molecule has 2 fully saturated rings. The Labute approximate surface area is 239 Å². The van der Waals surface area contributed by atoms with E-state index in [9.17, 15) is 28.0 Å². The van der Waals surface area contributed by atoms with Crippen molar-refractivity contribution in [2.45, 2.75) is 44.9 Å². The minimum Gasteiger partial charge on any atom is -0.362 e. The van der Waals surface area contributed by atoms with Crippen molar-refractivity contribution in [2.24, 2.45) is 18.9 Å². The highest BCUT2D eigenvalue weighted by molar-refractivity contribution is 5.88. The summed E-state index contributed by atoms with van der Waals surface area (Å²) in [7, 11) is 1.51. The Morgan fingerprint density at radius 2 is 1.95 bits per heavy atom. The minimum absolute atomic E-state index is 0.130. The lowest BCUT2D eigenvalue weighted by molar-refractivity contribution is -0.122. The van der Waals surface area contributed by atoms with Crippen molar-refractivity contribution in [3.63, 3.8) is 0 Å². The van der Waals surface area contributed by atoms with Gasteiger partial charge in [0, 0.05) is 44.0 Å². The van der Waals surface area contributed by atoms with Crippen LogP contribution in [0.4, 0.5) is 26.1 Å². The first-order valence-corrected chi connectivity index (χ1v) is 13.9. The molecule has 6 rings (SSSR count). The number of hydrogen-bond acceptors (Lipinski definition) is 9. The zero-order valence-electron chi connectivity index (χ0n) is 23.4. The third kappa shape index (κ3) is 4.54. The van der Waals surface area contributed by atoms with E-state index in [1.165, 1.54) is 11.6 Å². The maximum Gasteiger partial charge on any atom is 0.332 e. The van der Waals surface area contributed by atoms with E-state index in [0.29, 0.717) is 24.7 Å². The van der Waals surface area contributed by atoms with Crippen LogP contribution in [-0.4, -0.2) is 63.7 Å². The smallest absolute Gasteiger partial charge is 0.332 e. The van der Waals surface area contributed by atoms with Crippen LogP contribution in [-0.2, 0) is 23.2 Å². The van der Waals surface area contributed by atoms with E-state index in [1.807, 2.05) is 17.0 Å². The van der Waals surface area contributed by atoms with Gasteiger partial charge in [0.25, 0.3) is 11.5 Å². The van der Waals surface area contributed by atoms with Crippen LogP contribution < -0.4 is 37.0 Å². The quantitative estimate of drug-likeness (QED) is 0.414. The lowest BCUT2D eigenvalue weighted by atomic mass is 10.1. The van der Waals surface area contributed by atoms with Crippen molar-refractivity contribution in [3.8, 4) is 0 Å². The first-order valence-electron chi connectivity index (χ1n) is 13.9. The van der Waals surface area contributed by atoms with Crippen LogP contribution in [0, 0.1) is 11.8 Å². The van der Waals surface area contributed by atoms with Crippen LogP contribution >= 0.6 is 0 Å². The number of carbonyl (C=O) groups excluding carboxylic acids is 2. The first-order chi connectivity index (χ1) is 20.0. The second kappa shape index (κ2) is 10.1. The molecule has 42 heavy (non-hydrogen) atoms. The van der Waals surface area contributed by atoms with Gasteiger partial charge >= 0.3 is 5.69 Å². The predicted octanol–water partition coefficient (Wildman–Crippen LogP) is 0.843. The molecule has 3 unspecified atom stereocenters. The highest BCUT2D eigenvalue weighted by atomic mass is 19.3. The molecule has 0 spiro atoms. The third-order valence-electron chi connectivity index (χ3n) is 8.56. The highest BCUT2D eigenvalue weighted by Crippen LogP contribution is 2.59. The van der Waals surface area contributed by atoms with Gasteiger partial charge in [0.2, 0.25) is 5.91 Å². The fourth-order valence-corrected chi connectivity index (χ4v) is 5.84. The molecule has 12 nitrogen and oxygen atoms in total. The molecular weight excluding hydrogens is 550 g/mol. The second-order valence-corrected chi connectivity index (χ2v) is 11.1. The van der Waals surface area contributed by atoms with Gasteiger partial charge in [-0.2, -0.15) is 0 Å². The summed E-state index contributed by atoms with van der Waals surface area (Å²) in [6.45, 7) is 3.72. The number of halogens is 2. The van der Waals surface area contributed by atoms with Crippen molar-refractivity contribution in [3.05, 3.63) is 63.0 Å². The molecule has 2 aromatic rings. The van der Waals surface area contributed by atoms with Crippen LogP contribution in [0.5, 0.6) is 0 Å². The number of nitrogens with zero attached hydrogens (tertiary/aromatic N) is 5. The van der Waals surface area contributed by atoms with Crippen molar-refractivity contribution < 1.29 is 18.4 Å². The second-order valence-electron chi connectivity index (χ2n) is 11.1. The maximum atomic E-state index is 13.5. The molecule has 5 heterocycles. The van der Waals surface area contributed by atoms with E-state index in [4.69, 9.17) is 0 Å². The zero-order chi connectivity index (χ0) is 29.9. The maximum absolute atomic E-state index is 13.5. The number of rotatable bonds is 8. The fourth-order valence-electron chi connectivity index (χ4n) is 5.84. The number of nitrogens with one attached hydrogen (secondary N) is 3. The van der Waals surface area contributed by atoms with Gasteiger partial charge in [-0.1, -0.05) is 13.0 Å². The summed E-state index contributed by atoms with van der Waals surface area (Å²) in [5, 5.41) is 9.19. The summed E-state index contributed by atoms with van der Waals surface area (Å²) in [4.78, 5) is 59.3. The molecule has 1 amide bonds. The summed E-state index contributed by atoms with van der Waals surface area (Å²) in [5.74, 6) is -3.38. The molecule has 4 aliphatic rings. The van der Waals surface area contributed by atoms with E-state index in [1.54, 1.807) is 43.2 Å². The number of carbonyl (C=O) groups is 2. The molecule has 3 N–H and O–H groups in total. The third-order valence-corrected chi connectivity index (χ3v) is 8.56. The first kappa shape index (κ1) is 27.7. The molecule has 4 atom stereocenters. The Bertz CT molecular complexity index is 1620. The summed E-state index contributed by atoms with van der Waals surface area (Å²) in [5.41, 5.74) is 0.407. The van der Waals surface area contributed by atoms with Gasteiger partial charge < -0.3 is 25.8 Å². The summed E-state index contributed by atoms with van der Waals surface area (Å²) < 4.78 is 29.3. The van der Waals surface area contributed by atoms with Crippen LogP contribution in [0.15, 0.2) is 46.1 Å². The van der Waals surface area contributed by atoms with Gasteiger partial charge in [0.15, 0.2) is 5.78 Å². The Hall–Kier alpha value is -4.49. The van der Waals surface area contributed by atoms with Gasteiger partial charge in [-0.15, -0.1) is 0 Å². The fraction of sp³-hybridized carbons (Fsp3) is 0.464. The summed E-state index contributed by atoms with van der Waals surface area (Å²) in [6.07, 6.45) is 6.72. The number of allylic oxidation sites excluding steroid dienone is 2. The number of aromatic nitrogens is 3. The van der Waals surface area contributed by atoms with Crippen molar-refractivity contribution in [1.82, 2.24) is 24.8 Å². The van der Waals surface area contributed by atoms with Crippen LogP contribution in [0.2, 0.25) is 0 Å². The largest absolute Gasteiger partial charge is 0.362 e. The number of hydrogen-bond donors (Lipinski definition) is 3. The summed E-state index contributed by atoms with van der Waals surface area (Å²) in [6, 6.07) is 2.87. The van der Waals surface area contributed by atoms with E-state index in [-0.39, 0.29) is 37.0 Å². The number of piperidine rings is 1. The molecule has 2 aromatic heterocycles. The van der Waals surface area contributed by atoms with Gasteiger partial charge in [0.1, 0.15) is 29.5 Å². The molecule has 14 heteroatoms. The average Bonchev–Trinajstić information content (AvgIpc) is 3.41. The molecule has 1 aliphatic carbocycles. The van der Waals surface area contributed by atoms with E-state index < -0.39 is 41.2 Å². The average molecular weight is 583 g/mol.